The van der Waals surface area contributed by atoms with E-state index >= 15 is 0 Å². The molecule has 2 amide bonds. The number of hydrogen-bond acceptors (Lipinski definition) is 2. The molecule has 21 heavy (non-hydrogen) atoms. The van der Waals surface area contributed by atoms with Crippen LogP contribution in [0.25, 0.3) is 0 Å². The lowest BCUT2D eigenvalue weighted by Crippen LogP contribution is -2.37. The maximum atomic E-state index is 12.6. The molecule has 5 heteroatoms. The molecule has 0 bridgehead atoms. The molecular weight excluding hydrogens is 332 g/mol. The van der Waals surface area contributed by atoms with Gasteiger partial charge in [-0.25, -0.2) is 0 Å². The van der Waals surface area contributed by atoms with E-state index in [-0.39, 0.29) is 11.8 Å². The molecule has 0 atom stereocenters. The van der Waals surface area contributed by atoms with Crippen molar-refractivity contribution in [1.82, 2.24) is 9.80 Å². The Morgan fingerprint density at radius 2 is 1.76 bits per heavy atom. The van der Waals surface area contributed by atoms with Crippen molar-refractivity contribution in [3.05, 3.63) is 33.8 Å². The van der Waals surface area contributed by atoms with E-state index in [1.165, 1.54) is 0 Å². The number of aryl methyl sites for hydroxylation is 1. The highest BCUT2D eigenvalue weighted by Crippen LogP contribution is 2.17. The first-order valence-corrected chi connectivity index (χ1v) is 8.15. The van der Waals surface area contributed by atoms with Gasteiger partial charge in [-0.1, -0.05) is 22.9 Å². The minimum atomic E-state index is 0.0465. The summed E-state index contributed by atoms with van der Waals surface area (Å²) in [5.74, 6) is 0.216. The molecule has 1 aliphatic rings. The van der Waals surface area contributed by atoms with E-state index in [0.29, 0.717) is 31.6 Å². The highest BCUT2D eigenvalue weighted by atomic mass is 79.9. The topological polar surface area (TPSA) is 40.6 Å². The lowest BCUT2D eigenvalue weighted by molar-refractivity contribution is -0.130. The van der Waals surface area contributed by atoms with Crippen molar-refractivity contribution in [2.45, 2.75) is 26.7 Å². The monoisotopic (exact) mass is 352 g/mol. The quantitative estimate of drug-likeness (QED) is 0.820. The van der Waals surface area contributed by atoms with E-state index in [9.17, 15) is 9.59 Å². The Labute approximate surface area is 134 Å². The number of halogens is 1. The van der Waals surface area contributed by atoms with Crippen molar-refractivity contribution >= 4 is 27.7 Å². The molecule has 0 aliphatic carbocycles. The molecule has 1 aromatic rings. The molecule has 2 rings (SSSR count). The molecule has 1 saturated heterocycles. The molecular formula is C16H21BrN2O2. The highest BCUT2D eigenvalue weighted by molar-refractivity contribution is 9.10. The summed E-state index contributed by atoms with van der Waals surface area (Å²) in [4.78, 5) is 28.1. The van der Waals surface area contributed by atoms with Crippen molar-refractivity contribution < 1.29 is 9.59 Å². The SMILES string of the molecule is CCC(=O)N1CCCN(C(=O)c2cc(C)cc(Br)c2)CC1. The summed E-state index contributed by atoms with van der Waals surface area (Å²) >= 11 is 3.44. The first kappa shape index (κ1) is 16.0. The van der Waals surface area contributed by atoms with Gasteiger partial charge in [-0.2, -0.15) is 0 Å². The second kappa shape index (κ2) is 7.07. The molecule has 1 fully saturated rings. The zero-order valence-corrected chi connectivity index (χ0v) is 14.1. The van der Waals surface area contributed by atoms with Crippen LogP contribution in [-0.4, -0.2) is 47.8 Å². The van der Waals surface area contributed by atoms with Gasteiger partial charge in [0.25, 0.3) is 5.91 Å². The Balaban J connectivity index is 2.08. The number of carbonyl (C=O) groups is 2. The van der Waals surface area contributed by atoms with Crippen LogP contribution < -0.4 is 0 Å². The summed E-state index contributed by atoms with van der Waals surface area (Å²) in [7, 11) is 0. The van der Waals surface area contributed by atoms with Crippen molar-refractivity contribution in [3.8, 4) is 0 Å². The molecule has 114 valence electrons. The van der Waals surface area contributed by atoms with Gasteiger partial charge < -0.3 is 9.80 Å². The fourth-order valence-corrected chi connectivity index (χ4v) is 3.24. The predicted octanol–water partition coefficient (Wildman–Crippen LogP) is 2.84. The van der Waals surface area contributed by atoms with Crippen LogP contribution in [0.5, 0.6) is 0 Å². The standard InChI is InChI=1S/C16H21BrN2O2/c1-3-15(20)18-5-4-6-19(8-7-18)16(21)13-9-12(2)10-14(17)11-13/h9-11H,3-8H2,1-2H3. The van der Waals surface area contributed by atoms with E-state index in [0.717, 1.165) is 23.0 Å². The second-order valence-corrected chi connectivity index (χ2v) is 6.31. The molecule has 0 N–H and O–H groups in total. The van der Waals surface area contributed by atoms with E-state index in [1.54, 1.807) is 0 Å². The van der Waals surface area contributed by atoms with Gasteiger partial charge in [-0.15, -0.1) is 0 Å². The number of rotatable bonds is 2. The molecule has 1 aliphatic heterocycles. The minimum Gasteiger partial charge on any atom is -0.341 e. The first-order valence-electron chi connectivity index (χ1n) is 7.35. The van der Waals surface area contributed by atoms with Crippen LogP contribution in [0.15, 0.2) is 22.7 Å². The molecule has 1 heterocycles. The third-order valence-corrected chi connectivity index (χ3v) is 4.19. The lowest BCUT2D eigenvalue weighted by atomic mass is 10.1. The van der Waals surface area contributed by atoms with Crippen LogP contribution in [0.4, 0.5) is 0 Å². The van der Waals surface area contributed by atoms with Crippen molar-refractivity contribution in [2.24, 2.45) is 0 Å². The molecule has 0 aromatic heterocycles. The van der Waals surface area contributed by atoms with E-state index in [4.69, 9.17) is 0 Å². The summed E-state index contributed by atoms with van der Waals surface area (Å²) in [6, 6.07) is 5.75. The Morgan fingerprint density at radius 3 is 2.43 bits per heavy atom. The summed E-state index contributed by atoms with van der Waals surface area (Å²) in [5.41, 5.74) is 1.77. The number of nitrogens with zero attached hydrogens (tertiary/aromatic N) is 2. The third-order valence-electron chi connectivity index (χ3n) is 3.73. The Bertz CT molecular complexity index is 525. The van der Waals surface area contributed by atoms with Gasteiger partial charge in [-0.3, -0.25) is 9.59 Å². The average molecular weight is 353 g/mol. The summed E-state index contributed by atoms with van der Waals surface area (Å²) in [5, 5.41) is 0. The fourth-order valence-electron chi connectivity index (χ4n) is 2.64. The Hall–Kier alpha value is -1.36. The van der Waals surface area contributed by atoms with Crippen LogP contribution in [0.3, 0.4) is 0 Å². The van der Waals surface area contributed by atoms with Gasteiger partial charge in [0, 0.05) is 42.6 Å². The van der Waals surface area contributed by atoms with Crippen LogP contribution in [-0.2, 0) is 4.79 Å². The first-order chi connectivity index (χ1) is 10.0. The second-order valence-electron chi connectivity index (χ2n) is 5.40. The summed E-state index contributed by atoms with van der Waals surface area (Å²) < 4.78 is 0.920. The van der Waals surface area contributed by atoms with Crippen LogP contribution in [0.2, 0.25) is 0 Å². The zero-order chi connectivity index (χ0) is 15.4. The number of benzene rings is 1. The number of carbonyl (C=O) groups excluding carboxylic acids is 2. The van der Waals surface area contributed by atoms with Crippen molar-refractivity contribution in [3.63, 3.8) is 0 Å². The van der Waals surface area contributed by atoms with Gasteiger partial charge in [0.05, 0.1) is 0 Å². The molecule has 0 radical (unpaired) electrons. The smallest absolute Gasteiger partial charge is 0.253 e. The van der Waals surface area contributed by atoms with Crippen LogP contribution in [0, 0.1) is 6.92 Å². The Morgan fingerprint density at radius 1 is 1.10 bits per heavy atom. The van der Waals surface area contributed by atoms with Crippen LogP contribution in [0.1, 0.15) is 35.7 Å². The van der Waals surface area contributed by atoms with Gasteiger partial charge in [0.1, 0.15) is 0 Å². The molecule has 1 aromatic carbocycles. The van der Waals surface area contributed by atoms with Gasteiger partial charge in [-0.05, 0) is 37.1 Å². The summed E-state index contributed by atoms with van der Waals surface area (Å²) in [6.45, 7) is 6.54. The predicted molar refractivity (Wildman–Crippen MR) is 86.3 cm³/mol. The molecule has 0 unspecified atom stereocenters. The fraction of sp³-hybridized carbons (Fsp3) is 0.500. The van der Waals surface area contributed by atoms with Crippen molar-refractivity contribution in [2.75, 3.05) is 26.2 Å². The third kappa shape index (κ3) is 4.06. The van der Waals surface area contributed by atoms with E-state index in [2.05, 4.69) is 15.9 Å². The van der Waals surface area contributed by atoms with Gasteiger partial charge in [0.2, 0.25) is 5.91 Å². The maximum Gasteiger partial charge on any atom is 0.253 e. The van der Waals surface area contributed by atoms with Gasteiger partial charge >= 0.3 is 0 Å². The maximum absolute atomic E-state index is 12.6. The lowest BCUT2D eigenvalue weighted by Gasteiger charge is -2.22. The number of amides is 2. The van der Waals surface area contributed by atoms with Gasteiger partial charge in [0.15, 0.2) is 0 Å². The average Bonchev–Trinajstić information content (AvgIpc) is 2.70. The molecule has 0 saturated carbocycles. The van der Waals surface area contributed by atoms with Crippen molar-refractivity contribution in [1.29, 1.82) is 0 Å². The van der Waals surface area contributed by atoms with E-state index < -0.39 is 0 Å². The number of hydrogen-bond donors (Lipinski definition) is 0. The van der Waals surface area contributed by atoms with Crippen LogP contribution >= 0.6 is 15.9 Å². The normalized spacial score (nSPS) is 15.8. The zero-order valence-electron chi connectivity index (χ0n) is 12.6. The molecule has 0 spiro atoms. The minimum absolute atomic E-state index is 0.0465. The molecule has 4 nitrogen and oxygen atoms in total. The Kier molecular flexibility index (Phi) is 5.39. The largest absolute Gasteiger partial charge is 0.341 e. The highest BCUT2D eigenvalue weighted by Gasteiger charge is 2.22. The summed E-state index contributed by atoms with van der Waals surface area (Å²) in [6.07, 6.45) is 1.36. The van der Waals surface area contributed by atoms with E-state index in [1.807, 2.05) is 41.8 Å².